The SMILES string of the molecule is Cc1oc2cc(Oc3ccnn4cc(C(=O)N5C[C@H](F)[C@H]5C)c(C)c34)ccc2c1C(=O)N[C@H]1CC[C@H]1O. The van der Waals surface area contributed by atoms with E-state index in [0.29, 0.717) is 56.9 Å². The summed E-state index contributed by atoms with van der Waals surface area (Å²) in [5.41, 5.74) is 2.70. The Kier molecular flexibility index (Phi) is 5.45. The highest BCUT2D eigenvalue weighted by molar-refractivity contribution is 6.07. The minimum atomic E-state index is -1.00. The molecule has 3 aromatic heterocycles. The molecule has 0 spiro atoms. The summed E-state index contributed by atoms with van der Waals surface area (Å²) in [5.74, 6) is 0.947. The fourth-order valence-corrected chi connectivity index (χ4v) is 5.07. The molecule has 0 radical (unpaired) electrons. The molecule has 9 nitrogen and oxygen atoms in total. The Morgan fingerprint density at radius 3 is 2.73 bits per heavy atom. The summed E-state index contributed by atoms with van der Waals surface area (Å²) in [4.78, 5) is 27.4. The highest BCUT2D eigenvalue weighted by Crippen LogP contribution is 2.35. The first-order valence-corrected chi connectivity index (χ1v) is 12.3. The van der Waals surface area contributed by atoms with Crippen molar-refractivity contribution in [2.24, 2.45) is 0 Å². The molecule has 2 amide bonds. The van der Waals surface area contributed by atoms with Crippen molar-refractivity contribution in [3.8, 4) is 11.5 Å². The molecule has 2 N–H and O–H groups in total. The number of carbonyl (C=O) groups excluding carboxylic acids is 2. The number of furan rings is 1. The van der Waals surface area contributed by atoms with E-state index >= 15 is 0 Å². The lowest BCUT2D eigenvalue weighted by Crippen LogP contribution is -2.58. The smallest absolute Gasteiger partial charge is 0.256 e. The average Bonchev–Trinajstić information content (AvgIpc) is 3.40. The van der Waals surface area contributed by atoms with Gasteiger partial charge in [-0.05, 0) is 51.3 Å². The van der Waals surface area contributed by atoms with Gasteiger partial charge in [0.15, 0.2) is 5.75 Å². The van der Waals surface area contributed by atoms with Crippen LogP contribution in [0.1, 0.15) is 51.8 Å². The summed E-state index contributed by atoms with van der Waals surface area (Å²) < 4.78 is 27.3. The summed E-state index contributed by atoms with van der Waals surface area (Å²) in [6.45, 7) is 5.33. The van der Waals surface area contributed by atoms with Gasteiger partial charge in [0.1, 0.15) is 28.8 Å². The number of fused-ring (bicyclic) bond motifs is 2. The zero-order chi connectivity index (χ0) is 26.0. The Hall–Kier alpha value is -3.92. The third-order valence-corrected chi connectivity index (χ3v) is 7.61. The van der Waals surface area contributed by atoms with Crippen LogP contribution in [0.25, 0.3) is 16.5 Å². The van der Waals surface area contributed by atoms with Crippen molar-refractivity contribution in [2.45, 2.75) is 58.0 Å². The van der Waals surface area contributed by atoms with Gasteiger partial charge in [-0.15, -0.1) is 0 Å². The van der Waals surface area contributed by atoms with Gasteiger partial charge in [0.05, 0.1) is 42.1 Å². The molecule has 1 aliphatic heterocycles. The van der Waals surface area contributed by atoms with E-state index in [9.17, 15) is 19.1 Å². The molecule has 1 saturated heterocycles. The van der Waals surface area contributed by atoms with Gasteiger partial charge in [-0.3, -0.25) is 9.59 Å². The Balaban J connectivity index is 1.29. The van der Waals surface area contributed by atoms with Crippen LogP contribution in [-0.2, 0) is 0 Å². The standard InChI is InChI=1S/C27H27FN4O5/c1-13-18(27(35)31-12-19(28)14(31)2)11-32-25(13)22(8-9-29-32)37-16-4-5-17-23(10-16)36-15(3)24(17)26(34)30-20-6-7-21(20)33/h4-5,8-11,14,19-21,33H,6-7,12H2,1-3H3,(H,30,34)/t14-,19+,20+,21-/m1/s1. The van der Waals surface area contributed by atoms with Crippen molar-refractivity contribution < 1.29 is 28.2 Å². The second kappa shape index (κ2) is 8.58. The first-order chi connectivity index (χ1) is 17.7. The number of rotatable bonds is 5. The van der Waals surface area contributed by atoms with Crippen molar-refractivity contribution in [1.29, 1.82) is 0 Å². The molecule has 0 unspecified atom stereocenters. The maximum atomic E-state index is 13.6. The van der Waals surface area contributed by atoms with E-state index in [0.717, 1.165) is 6.42 Å². The number of carbonyl (C=O) groups is 2. The van der Waals surface area contributed by atoms with E-state index < -0.39 is 18.3 Å². The summed E-state index contributed by atoms with van der Waals surface area (Å²) in [5, 5.41) is 17.7. The molecule has 1 aromatic carbocycles. The maximum absolute atomic E-state index is 13.6. The highest BCUT2D eigenvalue weighted by atomic mass is 19.1. The molecule has 10 heteroatoms. The molecular formula is C27H27FN4O5. The second-order valence-corrected chi connectivity index (χ2v) is 9.89. The predicted molar refractivity (Wildman–Crippen MR) is 133 cm³/mol. The Labute approximate surface area is 211 Å². The molecule has 4 heterocycles. The molecule has 1 saturated carbocycles. The van der Waals surface area contributed by atoms with Crippen molar-refractivity contribution in [3.63, 3.8) is 0 Å². The molecule has 6 rings (SSSR count). The molecule has 192 valence electrons. The lowest BCUT2D eigenvalue weighted by Gasteiger charge is -2.41. The van der Waals surface area contributed by atoms with Gasteiger partial charge >= 0.3 is 0 Å². The number of alkyl halides is 1. The number of benzene rings is 1. The average molecular weight is 507 g/mol. The third kappa shape index (κ3) is 3.74. The van der Waals surface area contributed by atoms with Gasteiger partial charge in [-0.25, -0.2) is 8.91 Å². The van der Waals surface area contributed by atoms with Gasteiger partial charge in [0, 0.05) is 23.7 Å². The van der Waals surface area contributed by atoms with Crippen LogP contribution < -0.4 is 10.1 Å². The van der Waals surface area contributed by atoms with E-state index in [1.54, 1.807) is 55.0 Å². The van der Waals surface area contributed by atoms with Gasteiger partial charge in [-0.1, -0.05) is 0 Å². The third-order valence-electron chi connectivity index (χ3n) is 7.61. The Bertz CT molecular complexity index is 1560. The maximum Gasteiger partial charge on any atom is 0.256 e. The summed E-state index contributed by atoms with van der Waals surface area (Å²) >= 11 is 0. The number of halogens is 1. The van der Waals surface area contributed by atoms with Crippen LogP contribution in [0.3, 0.4) is 0 Å². The quantitative estimate of drug-likeness (QED) is 0.425. The number of hydrogen-bond donors (Lipinski definition) is 2. The van der Waals surface area contributed by atoms with Crippen molar-refractivity contribution >= 4 is 28.3 Å². The molecule has 4 aromatic rings. The van der Waals surface area contributed by atoms with Crippen LogP contribution in [0.15, 0.2) is 41.1 Å². The van der Waals surface area contributed by atoms with Crippen LogP contribution in [-0.4, -0.2) is 62.3 Å². The lowest BCUT2D eigenvalue weighted by molar-refractivity contribution is 0.00637. The Morgan fingerprint density at radius 2 is 2.05 bits per heavy atom. The van der Waals surface area contributed by atoms with Crippen LogP contribution in [0, 0.1) is 13.8 Å². The predicted octanol–water partition coefficient (Wildman–Crippen LogP) is 3.93. The van der Waals surface area contributed by atoms with E-state index in [4.69, 9.17) is 9.15 Å². The highest BCUT2D eigenvalue weighted by Gasteiger charge is 2.40. The number of amides is 2. The van der Waals surface area contributed by atoms with E-state index in [2.05, 4.69) is 10.4 Å². The first-order valence-electron chi connectivity index (χ1n) is 12.3. The summed E-state index contributed by atoms with van der Waals surface area (Å²) in [6, 6.07) is 6.25. The van der Waals surface area contributed by atoms with Crippen molar-refractivity contribution in [1.82, 2.24) is 19.8 Å². The molecular weight excluding hydrogens is 479 g/mol. The molecule has 1 aliphatic carbocycles. The zero-order valence-electron chi connectivity index (χ0n) is 20.7. The fourth-order valence-electron chi connectivity index (χ4n) is 5.07. The van der Waals surface area contributed by atoms with Crippen LogP contribution in [0.2, 0.25) is 0 Å². The number of nitrogens with zero attached hydrogens (tertiary/aromatic N) is 3. The van der Waals surface area contributed by atoms with E-state index in [1.807, 2.05) is 6.92 Å². The van der Waals surface area contributed by atoms with Crippen LogP contribution >= 0.6 is 0 Å². The van der Waals surface area contributed by atoms with Gasteiger partial charge in [0.25, 0.3) is 11.8 Å². The number of nitrogens with one attached hydrogen (secondary N) is 1. The van der Waals surface area contributed by atoms with E-state index in [-0.39, 0.29) is 24.4 Å². The van der Waals surface area contributed by atoms with Gasteiger partial charge in [-0.2, -0.15) is 5.10 Å². The van der Waals surface area contributed by atoms with E-state index in [1.165, 1.54) is 4.90 Å². The number of aliphatic hydroxyl groups excluding tert-OH is 1. The second-order valence-electron chi connectivity index (χ2n) is 9.89. The Morgan fingerprint density at radius 1 is 1.24 bits per heavy atom. The minimum Gasteiger partial charge on any atom is -0.460 e. The largest absolute Gasteiger partial charge is 0.460 e. The summed E-state index contributed by atoms with van der Waals surface area (Å²) in [6.07, 6.45) is 3.14. The molecule has 2 aliphatic rings. The molecule has 2 fully saturated rings. The number of likely N-dealkylation sites (tertiary alicyclic amines) is 1. The molecule has 37 heavy (non-hydrogen) atoms. The number of hydrogen-bond acceptors (Lipinski definition) is 6. The number of aromatic nitrogens is 2. The first kappa shape index (κ1) is 23.5. The molecule has 0 bridgehead atoms. The van der Waals surface area contributed by atoms with Crippen molar-refractivity contribution in [2.75, 3.05) is 6.54 Å². The van der Waals surface area contributed by atoms with Crippen LogP contribution in [0.5, 0.6) is 11.5 Å². The number of aryl methyl sites for hydroxylation is 2. The number of ether oxygens (including phenoxy) is 1. The number of aliphatic hydroxyl groups is 1. The van der Waals surface area contributed by atoms with Crippen molar-refractivity contribution in [3.05, 3.63) is 59.1 Å². The summed E-state index contributed by atoms with van der Waals surface area (Å²) in [7, 11) is 0. The van der Waals surface area contributed by atoms with Crippen LogP contribution in [0.4, 0.5) is 4.39 Å². The lowest BCUT2D eigenvalue weighted by atomic mass is 9.89. The zero-order valence-corrected chi connectivity index (χ0v) is 20.7. The monoisotopic (exact) mass is 506 g/mol. The topological polar surface area (TPSA) is 109 Å². The van der Waals surface area contributed by atoms with Gasteiger partial charge in [0.2, 0.25) is 0 Å². The minimum absolute atomic E-state index is 0.0895. The van der Waals surface area contributed by atoms with Gasteiger partial charge < -0.3 is 24.5 Å². The fraction of sp³-hybridized carbons (Fsp3) is 0.370. The normalized spacial score (nSPS) is 23.1. The molecule has 4 atom stereocenters.